The topological polar surface area (TPSA) is 33.1 Å². The summed E-state index contributed by atoms with van der Waals surface area (Å²) in [5.41, 5.74) is -2.22. The van der Waals surface area contributed by atoms with Crippen LogP contribution >= 0.6 is 0 Å². The summed E-state index contributed by atoms with van der Waals surface area (Å²) in [6, 6.07) is 9.85. The number of pyridine rings is 1. The number of hydrogen-bond acceptors (Lipinski definition) is 2. The van der Waals surface area contributed by atoms with Gasteiger partial charge < -0.3 is 5.11 Å². The molecule has 0 saturated carbocycles. The molecule has 0 bridgehead atoms. The van der Waals surface area contributed by atoms with Crippen molar-refractivity contribution in [2.45, 2.75) is 12.4 Å². The molecule has 0 aliphatic heterocycles. The van der Waals surface area contributed by atoms with Crippen molar-refractivity contribution in [3.05, 3.63) is 83.1 Å². The standard InChI is InChI=1S/C20H13F6NO/c21-19(22,23)15-8-13(9-16(10-15)20(24,25)26)17(5-6-28)14-7-12-3-1-2-4-18(12)27-11-14/h1-5,7-11,28H,6H2/b17-5+. The highest BCUT2D eigenvalue weighted by Crippen LogP contribution is 2.38. The second kappa shape index (κ2) is 7.27. The number of halogens is 6. The van der Waals surface area contributed by atoms with E-state index >= 15 is 0 Å². The Kier molecular flexibility index (Phi) is 5.16. The lowest BCUT2D eigenvalue weighted by Gasteiger charge is -2.16. The molecule has 0 saturated heterocycles. The SMILES string of the molecule is OC/C=C(\c1cc(C(F)(F)F)cc(C(F)(F)F)c1)c1cnc2ccccc2c1. The maximum atomic E-state index is 13.1. The molecule has 2 aromatic carbocycles. The molecule has 0 spiro atoms. The second-order valence-corrected chi connectivity index (χ2v) is 6.01. The molecule has 3 aromatic rings. The predicted octanol–water partition coefficient (Wildman–Crippen LogP) is 5.70. The number of para-hydroxylation sites is 1. The van der Waals surface area contributed by atoms with Crippen LogP contribution in [-0.2, 0) is 12.4 Å². The average molecular weight is 397 g/mol. The highest BCUT2D eigenvalue weighted by molar-refractivity contribution is 5.87. The van der Waals surface area contributed by atoms with Crippen molar-refractivity contribution in [3.8, 4) is 0 Å². The Hall–Kier alpha value is -2.87. The third-order valence-corrected chi connectivity index (χ3v) is 4.10. The van der Waals surface area contributed by atoms with Crippen molar-refractivity contribution in [2.24, 2.45) is 0 Å². The Morgan fingerprint density at radius 2 is 1.46 bits per heavy atom. The smallest absolute Gasteiger partial charge is 0.392 e. The number of aromatic nitrogens is 1. The summed E-state index contributed by atoms with van der Waals surface area (Å²) in [6.45, 7) is -0.570. The highest BCUT2D eigenvalue weighted by Gasteiger charge is 2.37. The van der Waals surface area contributed by atoms with Crippen LogP contribution in [0.3, 0.4) is 0 Å². The molecule has 2 nitrogen and oxygen atoms in total. The molecule has 28 heavy (non-hydrogen) atoms. The normalized spacial score (nSPS) is 13.2. The zero-order valence-electron chi connectivity index (χ0n) is 14.1. The van der Waals surface area contributed by atoms with Crippen LogP contribution in [0.25, 0.3) is 16.5 Å². The zero-order chi connectivity index (χ0) is 20.5. The number of hydrogen-bond donors (Lipinski definition) is 1. The molecule has 0 fully saturated rings. The van der Waals surface area contributed by atoms with Gasteiger partial charge >= 0.3 is 12.4 Å². The fraction of sp³-hybridized carbons (Fsp3) is 0.150. The van der Waals surface area contributed by atoms with E-state index in [-0.39, 0.29) is 17.2 Å². The first-order chi connectivity index (χ1) is 13.1. The third kappa shape index (κ3) is 4.17. The van der Waals surface area contributed by atoms with Gasteiger partial charge in [-0.1, -0.05) is 24.3 Å². The van der Waals surface area contributed by atoms with E-state index in [0.29, 0.717) is 28.6 Å². The summed E-state index contributed by atoms with van der Waals surface area (Å²) >= 11 is 0. The van der Waals surface area contributed by atoms with Crippen LogP contribution in [0.2, 0.25) is 0 Å². The van der Waals surface area contributed by atoms with Crippen LogP contribution in [0.4, 0.5) is 26.3 Å². The van der Waals surface area contributed by atoms with Crippen molar-refractivity contribution in [2.75, 3.05) is 6.61 Å². The number of alkyl halides is 6. The second-order valence-electron chi connectivity index (χ2n) is 6.01. The number of rotatable bonds is 3. The fourth-order valence-corrected chi connectivity index (χ4v) is 2.82. The van der Waals surface area contributed by atoms with E-state index in [0.717, 1.165) is 6.08 Å². The van der Waals surface area contributed by atoms with Crippen molar-refractivity contribution >= 4 is 16.5 Å². The van der Waals surface area contributed by atoms with Gasteiger partial charge in [-0.15, -0.1) is 0 Å². The number of aliphatic hydroxyl groups excluding tert-OH is 1. The van der Waals surface area contributed by atoms with Gasteiger partial charge in [-0.2, -0.15) is 26.3 Å². The van der Waals surface area contributed by atoms with Crippen LogP contribution in [0, 0.1) is 0 Å². The van der Waals surface area contributed by atoms with Gasteiger partial charge in [0.1, 0.15) is 0 Å². The molecule has 0 amide bonds. The molecular weight excluding hydrogens is 384 g/mol. The van der Waals surface area contributed by atoms with Crippen molar-refractivity contribution in [1.29, 1.82) is 0 Å². The summed E-state index contributed by atoms with van der Waals surface area (Å²) in [7, 11) is 0. The molecule has 0 aliphatic carbocycles. The molecule has 146 valence electrons. The van der Waals surface area contributed by atoms with Gasteiger partial charge in [0.15, 0.2) is 0 Å². The minimum atomic E-state index is -4.96. The summed E-state index contributed by atoms with van der Waals surface area (Å²) in [4.78, 5) is 4.19. The quantitative estimate of drug-likeness (QED) is 0.576. The molecular formula is C20H13F6NO. The van der Waals surface area contributed by atoms with Gasteiger partial charge in [0.2, 0.25) is 0 Å². The Morgan fingerprint density at radius 1 is 0.857 bits per heavy atom. The van der Waals surface area contributed by atoms with Crippen molar-refractivity contribution < 1.29 is 31.4 Å². The maximum absolute atomic E-state index is 13.1. The van der Waals surface area contributed by atoms with Gasteiger partial charge in [0.25, 0.3) is 0 Å². The monoisotopic (exact) mass is 397 g/mol. The van der Waals surface area contributed by atoms with Crippen LogP contribution in [0.5, 0.6) is 0 Å². The average Bonchev–Trinajstić information content (AvgIpc) is 2.64. The molecule has 0 unspecified atom stereocenters. The number of aliphatic hydroxyl groups is 1. The predicted molar refractivity (Wildman–Crippen MR) is 92.4 cm³/mol. The lowest BCUT2D eigenvalue weighted by atomic mass is 9.94. The summed E-state index contributed by atoms with van der Waals surface area (Å²) in [6.07, 6.45) is -7.41. The van der Waals surface area contributed by atoms with E-state index in [1.807, 2.05) is 0 Å². The van der Waals surface area contributed by atoms with Crippen LogP contribution < -0.4 is 0 Å². The number of fused-ring (bicyclic) bond motifs is 1. The third-order valence-electron chi connectivity index (χ3n) is 4.10. The van der Waals surface area contributed by atoms with Crippen LogP contribution in [-0.4, -0.2) is 16.7 Å². The summed E-state index contributed by atoms with van der Waals surface area (Å²) in [5.74, 6) is 0. The molecule has 0 aliphatic rings. The lowest BCUT2D eigenvalue weighted by molar-refractivity contribution is -0.143. The molecule has 1 N–H and O–H groups in total. The summed E-state index contributed by atoms with van der Waals surface area (Å²) in [5, 5.41) is 9.95. The van der Waals surface area contributed by atoms with Gasteiger partial charge in [-0.25, -0.2) is 0 Å². The molecule has 0 atom stereocenters. The summed E-state index contributed by atoms with van der Waals surface area (Å²) < 4.78 is 78.9. The van der Waals surface area contributed by atoms with E-state index < -0.39 is 30.1 Å². The van der Waals surface area contributed by atoms with Gasteiger partial charge in [0.05, 0.1) is 23.3 Å². The van der Waals surface area contributed by atoms with Crippen LogP contribution in [0.15, 0.2) is 60.8 Å². The lowest BCUT2D eigenvalue weighted by Crippen LogP contribution is -2.12. The highest BCUT2D eigenvalue weighted by atomic mass is 19.4. The number of benzene rings is 2. The minimum absolute atomic E-state index is 0.0253. The van der Waals surface area contributed by atoms with Gasteiger partial charge in [-0.3, -0.25) is 4.98 Å². The van der Waals surface area contributed by atoms with E-state index in [9.17, 15) is 31.4 Å². The van der Waals surface area contributed by atoms with E-state index in [4.69, 9.17) is 0 Å². The first-order valence-electron chi connectivity index (χ1n) is 8.05. The minimum Gasteiger partial charge on any atom is -0.392 e. The number of nitrogens with zero attached hydrogens (tertiary/aromatic N) is 1. The van der Waals surface area contributed by atoms with Gasteiger partial charge in [-0.05, 0) is 41.5 Å². The Labute approximate surface area is 155 Å². The Morgan fingerprint density at radius 3 is 2.04 bits per heavy atom. The van der Waals surface area contributed by atoms with Gasteiger partial charge in [0, 0.05) is 17.1 Å². The van der Waals surface area contributed by atoms with Crippen LogP contribution in [0.1, 0.15) is 22.3 Å². The molecule has 0 radical (unpaired) electrons. The van der Waals surface area contributed by atoms with Crippen molar-refractivity contribution in [3.63, 3.8) is 0 Å². The van der Waals surface area contributed by atoms with Crippen molar-refractivity contribution in [1.82, 2.24) is 4.98 Å². The molecule has 8 heteroatoms. The molecule has 1 aromatic heterocycles. The molecule has 3 rings (SSSR count). The van der Waals surface area contributed by atoms with E-state index in [1.165, 1.54) is 6.20 Å². The Balaban J connectivity index is 2.22. The first-order valence-corrected chi connectivity index (χ1v) is 8.05. The Bertz CT molecular complexity index is 1000. The van der Waals surface area contributed by atoms with E-state index in [1.54, 1.807) is 30.3 Å². The largest absolute Gasteiger partial charge is 0.416 e. The molecule has 1 heterocycles. The fourth-order valence-electron chi connectivity index (χ4n) is 2.82. The zero-order valence-corrected chi connectivity index (χ0v) is 14.1. The first kappa shape index (κ1) is 19.9. The maximum Gasteiger partial charge on any atom is 0.416 e. The van der Waals surface area contributed by atoms with E-state index in [2.05, 4.69) is 4.98 Å².